The quantitative estimate of drug-likeness (QED) is 0.838. The molecule has 0 radical (unpaired) electrons. The topological polar surface area (TPSA) is 101 Å². The Bertz CT molecular complexity index is 668. The van der Waals surface area contributed by atoms with Crippen molar-refractivity contribution >= 4 is 23.5 Å². The minimum absolute atomic E-state index is 0.124. The van der Waals surface area contributed by atoms with Gasteiger partial charge in [0.05, 0.1) is 25.4 Å². The second-order valence-electron chi connectivity index (χ2n) is 5.31. The fourth-order valence-corrected chi connectivity index (χ4v) is 2.74. The van der Waals surface area contributed by atoms with E-state index in [0.29, 0.717) is 29.6 Å². The molecule has 1 saturated heterocycles. The number of nitrogens with two attached hydrogens (primary N) is 2. The molecule has 2 atom stereocenters. The van der Waals surface area contributed by atoms with E-state index in [1.54, 1.807) is 52.5 Å². The molecule has 0 bridgehead atoms. The second kappa shape index (κ2) is 6.49. The Labute approximate surface area is 138 Å². The van der Waals surface area contributed by atoms with E-state index in [-0.39, 0.29) is 5.91 Å². The van der Waals surface area contributed by atoms with Gasteiger partial charge in [0.1, 0.15) is 0 Å². The van der Waals surface area contributed by atoms with Crippen LogP contribution in [0.3, 0.4) is 0 Å². The molecule has 0 saturated carbocycles. The zero-order valence-corrected chi connectivity index (χ0v) is 13.1. The number of rotatable bonds is 2. The molecule has 1 aromatic carbocycles. The van der Waals surface area contributed by atoms with Crippen molar-refractivity contribution in [2.24, 2.45) is 11.5 Å². The van der Waals surface area contributed by atoms with Gasteiger partial charge in [-0.3, -0.25) is 4.79 Å². The summed E-state index contributed by atoms with van der Waals surface area (Å²) >= 11 is 5.85. The predicted octanol–water partition coefficient (Wildman–Crippen LogP) is 0.662. The summed E-state index contributed by atoms with van der Waals surface area (Å²) in [6.45, 7) is 0.681. The molecule has 3 rings (SSSR count). The fourth-order valence-electron chi connectivity index (χ4n) is 2.61. The molecule has 1 fully saturated rings. The molecule has 1 aliphatic rings. The molecule has 8 heteroatoms. The van der Waals surface area contributed by atoms with E-state index < -0.39 is 12.3 Å². The maximum Gasteiger partial charge on any atom is 0.254 e. The highest BCUT2D eigenvalue weighted by molar-refractivity contribution is 6.30. The van der Waals surface area contributed by atoms with Gasteiger partial charge in [-0.1, -0.05) is 11.6 Å². The number of aromatic nitrogens is 2. The summed E-state index contributed by atoms with van der Waals surface area (Å²) in [7, 11) is 0. The number of piperazine rings is 1. The molecule has 4 N–H and O–H groups in total. The number of hydrogen-bond donors (Lipinski definition) is 2. The predicted molar refractivity (Wildman–Crippen MR) is 87.8 cm³/mol. The van der Waals surface area contributed by atoms with E-state index in [9.17, 15) is 4.79 Å². The highest BCUT2D eigenvalue weighted by Gasteiger charge is 2.34. The van der Waals surface area contributed by atoms with Gasteiger partial charge >= 0.3 is 0 Å². The van der Waals surface area contributed by atoms with Gasteiger partial charge in [0.2, 0.25) is 5.95 Å². The molecule has 2 heterocycles. The zero-order chi connectivity index (χ0) is 16.4. The molecule has 1 amide bonds. The molecule has 7 nitrogen and oxygen atoms in total. The molecule has 1 aliphatic heterocycles. The molecule has 23 heavy (non-hydrogen) atoms. The number of amides is 1. The number of nitrogens with zero attached hydrogens (tertiary/aromatic N) is 4. The first-order valence-electron chi connectivity index (χ1n) is 7.17. The van der Waals surface area contributed by atoms with Gasteiger partial charge in [0.25, 0.3) is 5.91 Å². The van der Waals surface area contributed by atoms with Crippen LogP contribution in [0.2, 0.25) is 5.02 Å². The van der Waals surface area contributed by atoms with E-state index in [0.717, 1.165) is 0 Å². The van der Waals surface area contributed by atoms with Crippen molar-refractivity contribution in [1.82, 2.24) is 14.9 Å². The molecule has 0 spiro atoms. The standard InChI is InChI=1S/C15H17ClN6O/c16-11-4-2-10(3-5-11)14(23)21-8-12(17)22(13(18)9-21)15-19-6-1-7-20-15/h1-7,12-13H,8-9,17-18H2. The van der Waals surface area contributed by atoms with Crippen LogP contribution in [0.1, 0.15) is 10.4 Å². The van der Waals surface area contributed by atoms with Gasteiger partial charge in [-0.15, -0.1) is 0 Å². The van der Waals surface area contributed by atoms with Crippen LogP contribution in [0, 0.1) is 0 Å². The van der Waals surface area contributed by atoms with Crippen molar-refractivity contribution in [3.8, 4) is 0 Å². The van der Waals surface area contributed by atoms with Gasteiger partial charge in [0.15, 0.2) is 0 Å². The van der Waals surface area contributed by atoms with Crippen molar-refractivity contribution in [2.75, 3.05) is 18.0 Å². The SMILES string of the molecule is NC1CN(C(=O)c2ccc(Cl)cc2)CC(N)N1c1ncccn1. The van der Waals surface area contributed by atoms with Crippen molar-refractivity contribution in [2.45, 2.75) is 12.3 Å². The maximum absolute atomic E-state index is 12.6. The second-order valence-corrected chi connectivity index (χ2v) is 5.74. The highest BCUT2D eigenvalue weighted by Crippen LogP contribution is 2.18. The van der Waals surface area contributed by atoms with Crippen LogP contribution in [0.25, 0.3) is 0 Å². The molecule has 120 valence electrons. The number of halogens is 1. The van der Waals surface area contributed by atoms with E-state index in [1.807, 2.05) is 0 Å². The van der Waals surface area contributed by atoms with Crippen LogP contribution < -0.4 is 16.4 Å². The van der Waals surface area contributed by atoms with Gasteiger partial charge in [-0.05, 0) is 30.3 Å². The summed E-state index contributed by atoms with van der Waals surface area (Å²) in [6, 6.07) is 8.47. The Hall–Kier alpha value is -2.22. The summed E-state index contributed by atoms with van der Waals surface area (Å²) in [6.07, 6.45) is 2.31. The lowest BCUT2D eigenvalue weighted by Gasteiger charge is -2.43. The third-order valence-electron chi connectivity index (χ3n) is 3.69. The maximum atomic E-state index is 12.6. The summed E-state index contributed by atoms with van der Waals surface area (Å²) < 4.78 is 0. The lowest BCUT2D eigenvalue weighted by Crippen LogP contribution is -2.66. The highest BCUT2D eigenvalue weighted by atomic mass is 35.5. The Morgan fingerprint density at radius 2 is 1.65 bits per heavy atom. The molecular weight excluding hydrogens is 316 g/mol. The Kier molecular flexibility index (Phi) is 4.42. The average molecular weight is 333 g/mol. The van der Waals surface area contributed by atoms with Crippen LogP contribution in [0.4, 0.5) is 5.95 Å². The minimum Gasteiger partial charge on any atom is -0.332 e. The normalized spacial score (nSPS) is 21.3. The van der Waals surface area contributed by atoms with E-state index in [2.05, 4.69) is 9.97 Å². The third kappa shape index (κ3) is 3.26. The van der Waals surface area contributed by atoms with Crippen LogP contribution >= 0.6 is 11.6 Å². The van der Waals surface area contributed by atoms with Crippen molar-refractivity contribution in [3.63, 3.8) is 0 Å². The monoisotopic (exact) mass is 332 g/mol. The number of hydrogen-bond acceptors (Lipinski definition) is 6. The first-order chi connectivity index (χ1) is 11.1. The largest absolute Gasteiger partial charge is 0.332 e. The first kappa shape index (κ1) is 15.7. The van der Waals surface area contributed by atoms with E-state index in [4.69, 9.17) is 23.1 Å². The van der Waals surface area contributed by atoms with Gasteiger partial charge in [0, 0.05) is 23.0 Å². The van der Waals surface area contributed by atoms with Crippen LogP contribution in [0.5, 0.6) is 0 Å². The summed E-state index contributed by atoms with van der Waals surface area (Å²) in [5.74, 6) is 0.340. The Morgan fingerprint density at radius 3 is 2.22 bits per heavy atom. The zero-order valence-electron chi connectivity index (χ0n) is 12.3. The summed E-state index contributed by atoms with van der Waals surface area (Å²) in [5, 5.41) is 0.584. The van der Waals surface area contributed by atoms with Gasteiger partial charge < -0.3 is 21.3 Å². The van der Waals surface area contributed by atoms with Crippen molar-refractivity contribution in [1.29, 1.82) is 0 Å². The molecule has 2 aromatic rings. The third-order valence-corrected chi connectivity index (χ3v) is 3.94. The molecule has 0 aliphatic carbocycles. The number of benzene rings is 1. The van der Waals surface area contributed by atoms with Crippen LogP contribution in [0.15, 0.2) is 42.7 Å². The summed E-state index contributed by atoms with van der Waals surface area (Å²) in [4.78, 5) is 24.3. The number of carbonyl (C=O) groups is 1. The van der Waals surface area contributed by atoms with E-state index >= 15 is 0 Å². The Balaban J connectivity index is 1.76. The number of anilines is 1. The molecule has 1 aromatic heterocycles. The van der Waals surface area contributed by atoms with Crippen molar-refractivity contribution < 1.29 is 4.79 Å². The number of carbonyl (C=O) groups excluding carboxylic acids is 1. The molecule has 2 unspecified atom stereocenters. The van der Waals surface area contributed by atoms with Crippen molar-refractivity contribution in [3.05, 3.63) is 53.3 Å². The lowest BCUT2D eigenvalue weighted by molar-refractivity contribution is 0.0692. The van der Waals surface area contributed by atoms with E-state index in [1.165, 1.54) is 0 Å². The Morgan fingerprint density at radius 1 is 1.09 bits per heavy atom. The fraction of sp³-hybridized carbons (Fsp3) is 0.267. The average Bonchev–Trinajstić information content (AvgIpc) is 2.55. The van der Waals surface area contributed by atoms with Gasteiger partial charge in [-0.2, -0.15) is 0 Å². The minimum atomic E-state index is -0.475. The summed E-state index contributed by atoms with van der Waals surface area (Å²) in [5.41, 5.74) is 12.9. The lowest BCUT2D eigenvalue weighted by atomic mass is 10.1. The van der Waals surface area contributed by atoms with Crippen LogP contribution in [-0.2, 0) is 0 Å². The molecular formula is C15H17ClN6O. The van der Waals surface area contributed by atoms with Gasteiger partial charge in [-0.25, -0.2) is 9.97 Å². The van der Waals surface area contributed by atoms with Crippen LogP contribution in [-0.4, -0.2) is 46.2 Å². The smallest absolute Gasteiger partial charge is 0.254 e. The first-order valence-corrected chi connectivity index (χ1v) is 7.55.